The fourth-order valence-corrected chi connectivity index (χ4v) is 4.64. The Morgan fingerprint density at radius 1 is 1.19 bits per heavy atom. The van der Waals surface area contributed by atoms with E-state index in [-0.39, 0.29) is 6.04 Å². The van der Waals surface area contributed by atoms with Gasteiger partial charge in [-0.2, -0.15) is 0 Å². The lowest BCUT2D eigenvalue weighted by molar-refractivity contribution is 0.222. The van der Waals surface area contributed by atoms with Crippen molar-refractivity contribution < 1.29 is 8.42 Å². The summed E-state index contributed by atoms with van der Waals surface area (Å²) in [5, 5.41) is 3.33. The van der Waals surface area contributed by atoms with Gasteiger partial charge >= 0.3 is 0 Å². The van der Waals surface area contributed by atoms with Crippen LogP contribution in [0.5, 0.6) is 0 Å². The number of sulfonamides is 1. The Bertz CT molecular complexity index is 501. The highest BCUT2D eigenvalue weighted by Gasteiger charge is 2.27. The molecule has 2 saturated heterocycles. The molecule has 0 radical (unpaired) electrons. The molecule has 2 N–H and O–H groups in total. The second kappa shape index (κ2) is 6.36. The topological polar surface area (TPSA) is 61.4 Å². The van der Waals surface area contributed by atoms with Gasteiger partial charge in [0.15, 0.2) is 0 Å². The molecule has 2 heterocycles. The van der Waals surface area contributed by atoms with Gasteiger partial charge in [-0.3, -0.25) is 4.90 Å². The average molecular weight is 313 g/mol. The first kappa shape index (κ1) is 15.5. The van der Waals surface area contributed by atoms with Crippen LogP contribution < -0.4 is 10.0 Å². The molecule has 120 valence electrons. The Morgan fingerprint density at radius 2 is 1.90 bits per heavy atom. The standard InChI is InChI=1S/C15H27N3O2S/c1-21(19,20)17-15-4-2-12(3-5-15)10-18-7-6-13(11-18)14-8-16-9-14/h12,15-17H,2-11H2,1H3. The summed E-state index contributed by atoms with van der Waals surface area (Å²) in [6.45, 7) is 5.77. The summed E-state index contributed by atoms with van der Waals surface area (Å²) >= 11 is 0. The van der Waals surface area contributed by atoms with Crippen LogP contribution in [0.15, 0.2) is 11.1 Å². The predicted octanol–water partition coefficient (Wildman–Crippen LogP) is 0.700. The van der Waals surface area contributed by atoms with E-state index in [2.05, 4.69) is 14.9 Å². The van der Waals surface area contributed by atoms with Crippen molar-refractivity contribution in [1.82, 2.24) is 14.9 Å². The summed E-state index contributed by atoms with van der Waals surface area (Å²) in [6.07, 6.45) is 6.79. The molecule has 0 aromatic rings. The quantitative estimate of drug-likeness (QED) is 0.750. The Kier molecular flexibility index (Phi) is 4.69. The third-order valence-corrected chi connectivity index (χ3v) is 5.83. The summed E-state index contributed by atoms with van der Waals surface area (Å²) in [4.78, 5) is 2.59. The van der Waals surface area contributed by atoms with Gasteiger partial charge in [-0.1, -0.05) is 5.57 Å². The maximum absolute atomic E-state index is 11.3. The summed E-state index contributed by atoms with van der Waals surface area (Å²) in [7, 11) is -3.05. The molecule has 0 spiro atoms. The van der Waals surface area contributed by atoms with Crippen LogP contribution in [0.2, 0.25) is 0 Å². The first-order chi connectivity index (χ1) is 9.99. The maximum atomic E-state index is 11.3. The van der Waals surface area contributed by atoms with E-state index < -0.39 is 10.0 Å². The molecular weight excluding hydrogens is 286 g/mol. The fraction of sp³-hybridized carbons (Fsp3) is 0.867. The third kappa shape index (κ3) is 4.28. The summed E-state index contributed by atoms with van der Waals surface area (Å²) < 4.78 is 25.3. The van der Waals surface area contributed by atoms with Gasteiger partial charge in [0.05, 0.1) is 6.26 Å². The average Bonchev–Trinajstić information content (AvgIpc) is 2.76. The molecule has 6 heteroatoms. The first-order valence-corrected chi connectivity index (χ1v) is 9.99. The van der Waals surface area contributed by atoms with Crippen molar-refractivity contribution >= 4 is 10.0 Å². The molecule has 0 bridgehead atoms. The molecule has 5 nitrogen and oxygen atoms in total. The van der Waals surface area contributed by atoms with Crippen LogP contribution in [0.25, 0.3) is 0 Å². The van der Waals surface area contributed by atoms with E-state index >= 15 is 0 Å². The summed E-state index contributed by atoms with van der Waals surface area (Å²) in [6, 6.07) is 0.161. The Labute approximate surface area is 128 Å². The highest BCUT2D eigenvalue weighted by molar-refractivity contribution is 7.88. The molecule has 21 heavy (non-hydrogen) atoms. The van der Waals surface area contributed by atoms with E-state index in [1.165, 1.54) is 32.3 Å². The molecule has 0 amide bonds. The molecule has 0 unspecified atom stereocenters. The SMILES string of the molecule is CS(=O)(=O)NC1CCC(CN2CCC(=C3CNC3)C2)CC1. The van der Waals surface area contributed by atoms with Gasteiger partial charge in [0.2, 0.25) is 10.0 Å². The van der Waals surface area contributed by atoms with Gasteiger partial charge in [-0.05, 0) is 43.6 Å². The minimum absolute atomic E-state index is 0.161. The van der Waals surface area contributed by atoms with E-state index in [0.29, 0.717) is 0 Å². The molecule has 1 saturated carbocycles. The van der Waals surface area contributed by atoms with Crippen molar-refractivity contribution in [3.63, 3.8) is 0 Å². The molecule has 1 aliphatic carbocycles. The number of nitrogens with one attached hydrogen (secondary N) is 2. The smallest absolute Gasteiger partial charge is 0.208 e. The van der Waals surface area contributed by atoms with Crippen molar-refractivity contribution in [2.75, 3.05) is 39.0 Å². The minimum atomic E-state index is -3.05. The van der Waals surface area contributed by atoms with Crippen LogP contribution in [0.3, 0.4) is 0 Å². The molecule has 3 aliphatic rings. The van der Waals surface area contributed by atoms with E-state index in [1.54, 1.807) is 11.1 Å². The lowest BCUT2D eigenvalue weighted by atomic mass is 9.86. The van der Waals surface area contributed by atoms with Gasteiger partial charge in [-0.25, -0.2) is 13.1 Å². The molecule has 0 aromatic heterocycles. The summed E-state index contributed by atoms with van der Waals surface area (Å²) in [5.74, 6) is 0.742. The van der Waals surface area contributed by atoms with Gasteiger partial charge in [-0.15, -0.1) is 0 Å². The number of rotatable bonds is 4. The van der Waals surface area contributed by atoms with Crippen LogP contribution >= 0.6 is 0 Å². The van der Waals surface area contributed by atoms with E-state index in [0.717, 1.165) is 44.7 Å². The minimum Gasteiger partial charge on any atom is -0.309 e. The second-order valence-corrected chi connectivity index (χ2v) is 8.68. The zero-order valence-electron chi connectivity index (χ0n) is 12.9. The third-order valence-electron chi connectivity index (χ3n) is 5.06. The van der Waals surface area contributed by atoms with Gasteiger partial charge < -0.3 is 5.32 Å². The van der Waals surface area contributed by atoms with Gasteiger partial charge in [0.1, 0.15) is 0 Å². The van der Waals surface area contributed by atoms with Crippen molar-refractivity contribution in [3.05, 3.63) is 11.1 Å². The van der Waals surface area contributed by atoms with Gasteiger partial charge in [0, 0.05) is 38.8 Å². The predicted molar refractivity (Wildman–Crippen MR) is 84.7 cm³/mol. The lowest BCUT2D eigenvalue weighted by Gasteiger charge is -2.31. The zero-order valence-corrected chi connectivity index (χ0v) is 13.7. The second-order valence-electron chi connectivity index (χ2n) is 6.90. The highest BCUT2D eigenvalue weighted by Crippen LogP contribution is 2.28. The number of likely N-dealkylation sites (tertiary alicyclic amines) is 1. The molecule has 0 aromatic carbocycles. The van der Waals surface area contributed by atoms with Crippen molar-refractivity contribution in [3.8, 4) is 0 Å². The normalized spacial score (nSPS) is 31.5. The van der Waals surface area contributed by atoms with Crippen LogP contribution in [0, 0.1) is 5.92 Å². The molecular formula is C15H27N3O2S. The largest absolute Gasteiger partial charge is 0.309 e. The van der Waals surface area contributed by atoms with Crippen molar-refractivity contribution in [2.24, 2.45) is 5.92 Å². The maximum Gasteiger partial charge on any atom is 0.208 e. The monoisotopic (exact) mass is 313 g/mol. The highest BCUT2D eigenvalue weighted by atomic mass is 32.2. The molecule has 3 rings (SSSR count). The van der Waals surface area contributed by atoms with Crippen LogP contribution in [0.4, 0.5) is 0 Å². The lowest BCUT2D eigenvalue weighted by Crippen LogP contribution is -2.39. The van der Waals surface area contributed by atoms with Crippen LogP contribution in [0.1, 0.15) is 32.1 Å². The molecule has 0 atom stereocenters. The Balaban J connectivity index is 1.42. The zero-order chi connectivity index (χ0) is 14.9. The van der Waals surface area contributed by atoms with E-state index in [9.17, 15) is 8.42 Å². The van der Waals surface area contributed by atoms with Crippen LogP contribution in [-0.4, -0.2) is 58.3 Å². The Morgan fingerprint density at radius 3 is 2.48 bits per heavy atom. The van der Waals surface area contributed by atoms with Crippen molar-refractivity contribution in [2.45, 2.75) is 38.1 Å². The number of hydrogen-bond acceptors (Lipinski definition) is 4. The van der Waals surface area contributed by atoms with E-state index in [4.69, 9.17) is 0 Å². The molecule has 2 aliphatic heterocycles. The molecule has 3 fully saturated rings. The first-order valence-electron chi connectivity index (χ1n) is 8.10. The van der Waals surface area contributed by atoms with Crippen molar-refractivity contribution in [1.29, 1.82) is 0 Å². The van der Waals surface area contributed by atoms with Crippen LogP contribution in [-0.2, 0) is 10.0 Å². The van der Waals surface area contributed by atoms with E-state index in [1.807, 2.05) is 0 Å². The number of nitrogens with zero attached hydrogens (tertiary/aromatic N) is 1. The summed E-state index contributed by atoms with van der Waals surface area (Å²) in [5.41, 5.74) is 3.31. The van der Waals surface area contributed by atoms with Gasteiger partial charge in [0.25, 0.3) is 0 Å². The number of hydrogen-bond donors (Lipinski definition) is 2. The Hall–Kier alpha value is -0.430. The fourth-order valence-electron chi connectivity index (χ4n) is 3.80.